The molecule has 0 amide bonds. The van der Waals surface area contributed by atoms with Crippen LogP contribution < -0.4 is 15.0 Å². The van der Waals surface area contributed by atoms with Gasteiger partial charge in [-0.25, -0.2) is 4.98 Å². The molecule has 0 spiro atoms. The summed E-state index contributed by atoms with van der Waals surface area (Å²) < 4.78 is 13.7. The van der Waals surface area contributed by atoms with Crippen LogP contribution in [-0.4, -0.2) is 23.0 Å². The minimum absolute atomic E-state index is 0.204. The highest BCUT2D eigenvalue weighted by Gasteiger charge is 2.18. The number of methoxy groups -OCH3 is 1. The van der Waals surface area contributed by atoms with Gasteiger partial charge in [-0.15, -0.1) is 0 Å². The number of aromatic nitrogens is 2. The predicted molar refractivity (Wildman–Crippen MR) is 169 cm³/mol. The lowest BCUT2D eigenvalue weighted by molar-refractivity contribution is 0.304. The van der Waals surface area contributed by atoms with Gasteiger partial charge in [0.05, 0.1) is 40.3 Å². The summed E-state index contributed by atoms with van der Waals surface area (Å²) in [6, 6.07) is 26.4. The number of nitriles is 1. The van der Waals surface area contributed by atoms with E-state index in [0.717, 1.165) is 38.0 Å². The summed E-state index contributed by atoms with van der Waals surface area (Å²) in [6.45, 7) is 6.44. The van der Waals surface area contributed by atoms with Crippen molar-refractivity contribution >= 4 is 33.0 Å². The van der Waals surface area contributed by atoms with Gasteiger partial charge in [0, 0.05) is 11.1 Å². The van der Waals surface area contributed by atoms with Crippen LogP contribution >= 0.6 is 15.9 Å². The first-order valence-electron chi connectivity index (χ1n) is 13.5. The quantitative estimate of drug-likeness (QED) is 0.167. The lowest BCUT2D eigenvalue weighted by atomic mass is 9.96. The van der Waals surface area contributed by atoms with Gasteiger partial charge in [0.15, 0.2) is 5.82 Å². The van der Waals surface area contributed by atoms with E-state index in [9.17, 15) is 10.1 Å². The minimum Gasteiger partial charge on any atom is -0.496 e. The highest BCUT2D eigenvalue weighted by Crippen LogP contribution is 2.34. The van der Waals surface area contributed by atoms with Gasteiger partial charge >= 0.3 is 0 Å². The maximum Gasteiger partial charge on any atom is 0.282 e. The van der Waals surface area contributed by atoms with Crippen molar-refractivity contribution < 1.29 is 9.47 Å². The van der Waals surface area contributed by atoms with Gasteiger partial charge in [-0.05, 0) is 94.0 Å². The van der Waals surface area contributed by atoms with E-state index in [4.69, 9.17) is 14.5 Å². The third kappa shape index (κ3) is 5.83. The molecular weight excluding hydrogens is 592 g/mol. The number of ether oxygens (including phenoxy) is 2. The maximum atomic E-state index is 13.7. The lowest BCUT2D eigenvalue weighted by Crippen LogP contribution is -2.20. The molecule has 7 nitrogen and oxygen atoms in total. The van der Waals surface area contributed by atoms with E-state index in [-0.39, 0.29) is 18.1 Å². The average molecular weight is 622 g/mol. The van der Waals surface area contributed by atoms with Crippen LogP contribution in [0, 0.1) is 18.3 Å². The summed E-state index contributed by atoms with van der Waals surface area (Å²) in [5, 5.41) is 14.5. The first-order chi connectivity index (χ1) is 20.3. The van der Waals surface area contributed by atoms with E-state index in [1.807, 2.05) is 73.7 Å². The van der Waals surface area contributed by atoms with Crippen molar-refractivity contribution in [3.63, 3.8) is 0 Å². The second-order valence-electron chi connectivity index (χ2n) is 10.1. The van der Waals surface area contributed by atoms with Crippen molar-refractivity contribution in [2.75, 3.05) is 7.11 Å². The summed E-state index contributed by atoms with van der Waals surface area (Å²) in [5.74, 6) is 2.08. The van der Waals surface area contributed by atoms with Crippen LogP contribution in [0.15, 0.2) is 93.2 Å². The number of halogens is 1. The first kappa shape index (κ1) is 28.8. The van der Waals surface area contributed by atoms with Crippen molar-refractivity contribution in [1.29, 1.82) is 5.26 Å². The second kappa shape index (κ2) is 12.4. The van der Waals surface area contributed by atoms with Gasteiger partial charge in [0.25, 0.3) is 5.56 Å². The van der Waals surface area contributed by atoms with E-state index in [0.29, 0.717) is 28.0 Å². The standard InChI is InChI=1S/C34H29BrN4O3/c1-21(2)27-17-28(22(3)15-32(27)41-4)33-38-30-12-8-7-11-26(30)34(40)39(33)37-19-23-13-14-31(29(35)16-23)42-20-25-10-6-5-9-24(25)18-36/h5-17,19,21H,20H2,1-4H3. The molecular formula is C34H29BrN4O3. The molecule has 210 valence electrons. The number of benzene rings is 4. The molecule has 0 aliphatic carbocycles. The van der Waals surface area contributed by atoms with Crippen LogP contribution in [-0.2, 0) is 6.61 Å². The zero-order chi connectivity index (χ0) is 29.8. The first-order valence-corrected chi connectivity index (χ1v) is 14.3. The molecule has 1 heterocycles. The Bertz CT molecular complexity index is 1920. The highest BCUT2D eigenvalue weighted by atomic mass is 79.9. The minimum atomic E-state index is -0.261. The Labute approximate surface area is 252 Å². The van der Waals surface area contributed by atoms with Crippen LogP contribution in [0.4, 0.5) is 0 Å². The fourth-order valence-corrected chi connectivity index (χ4v) is 5.23. The molecule has 0 unspecified atom stereocenters. The Morgan fingerprint density at radius 1 is 1.05 bits per heavy atom. The van der Waals surface area contributed by atoms with Gasteiger partial charge in [0.1, 0.15) is 18.1 Å². The molecule has 0 radical (unpaired) electrons. The van der Waals surface area contributed by atoms with Gasteiger partial charge in [-0.1, -0.05) is 44.2 Å². The fraction of sp³-hybridized carbons (Fsp3) is 0.176. The number of hydrogen-bond acceptors (Lipinski definition) is 6. The lowest BCUT2D eigenvalue weighted by Gasteiger charge is -2.17. The third-order valence-corrected chi connectivity index (χ3v) is 7.61. The van der Waals surface area contributed by atoms with Gasteiger partial charge in [-0.3, -0.25) is 4.79 Å². The third-order valence-electron chi connectivity index (χ3n) is 6.99. The van der Waals surface area contributed by atoms with Gasteiger partial charge in [-0.2, -0.15) is 15.0 Å². The summed E-state index contributed by atoms with van der Waals surface area (Å²) in [5.41, 5.74) is 5.24. The number of aryl methyl sites for hydroxylation is 1. The SMILES string of the molecule is COc1cc(C)c(-c2nc3ccccc3c(=O)n2N=Cc2ccc(OCc3ccccc3C#N)c(Br)c2)cc1C(C)C. The summed E-state index contributed by atoms with van der Waals surface area (Å²) >= 11 is 3.58. The molecule has 4 aromatic carbocycles. The molecule has 0 bridgehead atoms. The van der Waals surface area contributed by atoms with Crippen LogP contribution in [0.3, 0.4) is 0 Å². The molecule has 5 aromatic rings. The summed E-state index contributed by atoms with van der Waals surface area (Å²) in [4.78, 5) is 18.6. The van der Waals surface area contributed by atoms with E-state index in [2.05, 4.69) is 40.9 Å². The topological polar surface area (TPSA) is 89.5 Å². The molecule has 0 N–H and O–H groups in total. The van der Waals surface area contributed by atoms with E-state index < -0.39 is 0 Å². The van der Waals surface area contributed by atoms with E-state index in [1.54, 1.807) is 25.5 Å². The van der Waals surface area contributed by atoms with Crippen LogP contribution in [0.2, 0.25) is 0 Å². The molecule has 42 heavy (non-hydrogen) atoms. The van der Waals surface area contributed by atoms with Crippen LogP contribution in [0.1, 0.15) is 47.6 Å². The Morgan fingerprint density at radius 2 is 1.81 bits per heavy atom. The van der Waals surface area contributed by atoms with Gasteiger partial charge in [0.2, 0.25) is 0 Å². The van der Waals surface area contributed by atoms with Crippen molar-refractivity contribution in [3.05, 3.63) is 122 Å². The Kier molecular flexibility index (Phi) is 8.51. The van der Waals surface area contributed by atoms with Crippen LogP contribution in [0.5, 0.6) is 11.5 Å². The van der Waals surface area contributed by atoms with E-state index >= 15 is 0 Å². The highest BCUT2D eigenvalue weighted by molar-refractivity contribution is 9.10. The molecule has 0 atom stereocenters. The fourth-order valence-electron chi connectivity index (χ4n) is 4.72. The largest absolute Gasteiger partial charge is 0.496 e. The average Bonchev–Trinajstić information content (AvgIpc) is 3.00. The number of para-hydroxylation sites is 1. The molecule has 0 aliphatic rings. The number of rotatable bonds is 8. The Balaban J connectivity index is 1.53. The predicted octanol–water partition coefficient (Wildman–Crippen LogP) is 7.60. The maximum absolute atomic E-state index is 13.7. The normalized spacial score (nSPS) is 11.3. The molecule has 0 fully saturated rings. The van der Waals surface area contributed by atoms with Gasteiger partial charge < -0.3 is 9.47 Å². The second-order valence-corrected chi connectivity index (χ2v) is 11.0. The number of nitrogens with zero attached hydrogens (tertiary/aromatic N) is 4. The zero-order valence-electron chi connectivity index (χ0n) is 23.8. The molecule has 0 saturated carbocycles. The van der Waals surface area contributed by atoms with Crippen LogP contribution in [0.25, 0.3) is 22.3 Å². The van der Waals surface area contributed by atoms with Crippen molar-refractivity contribution in [3.8, 4) is 29.0 Å². The van der Waals surface area contributed by atoms with Crippen molar-refractivity contribution in [2.24, 2.45) is 5.10 Å². The molecule has 1 aromatic heterocycles. The molecule has 0 aliphatic heterocycles. The molecule has 8 heteroatoms. The molecule has 0 saturated heterocycles. The number of fused-ring (bicyclic) bond motifs is 1. The van der Waals surface area contributed by atoms with E-state index in [1.165, 1.54) is 4.68 Å². The Hall–Kier alpha value is -4.74. The zero-order valence-corrected chi connectivity index (χ0v) is 25.3. The van der Waals surface area contributed by atoms with Crippen molar-refractivity contribution in [2.45, 2.75) is 33.3 Å². The van der Waals surface area contributed by atoms with Crippen molar-refractivity contribution in [1.82, 2.24) is 9.66 Å². The monoisotopic (exact) mass is 620 g/mol. The summed E-state index contributed by atoms with van der Waals surface area (Å²) in [7, 11) is 1.66. The smallest absolute Gasteiger partial charge is 0.282 e. The Morgan fingerprint density at radius 3 is 2.55 bits per heavy atom. The summed E-state index contributed by atoms with van der Waals surface area (Å²) in [6.07, 6.45) is 1.63. The number of hydrogen-bond donors (Lipinski definition) is 0. The molecule has 5 rings (SSSR count).